The molecule has 1 aliphatic heterocycles. The third-order valence-electron chi connectivity index (χ3n) is 4.00. The van der Waals surface area contributed by atoms with E-state index in [4.69, 9.17) is 21.4 Å². The molecular weight excluding hydrogens is 316 g/mol. The first-order valence-electron chi connectivity index (χ1n) is 7.34. The van der Waals surface area contributed by atoms with Crippen LogP contribution in [0.15, 0.2) is 16.8 Å². The number of nitriles is 1. The zero-order chi connectivity index (χ0) is 16.4. The second kappa shape index (κ2) is 6.62. The fourth-order valence-electron chi connectivity index (χ4n) is 2.70. The summed E-state index contributed by atoms with van der Waals surface area (Å²) >= 11 is 6.16. The molecule has 0 saturated carbocycles. The lowest BCUT2D eigenvalue weighted by Gasteiger charge is -2.37. The molecule has 2 aromatic heterocycles. The Balaban J connectivity index is 1.75. The lowest BCUT2D eigenvalue weighted by molar-refractivity contribution is 0.0714. The Morgan fingerprint density at radius 1 is 1.48 bits per heavy atom. The first kappa shape index (κ1) is 15.9. The van der Waals surface area contributed by atoms with Gasteiger partial charge in [-0.25, -0.2) is 4.98 Å². The van der Waals surface area contributed by atoms with Crippen molar-refractivity contribution in [1.82, 2.24) is 24.9 Å². The molecule has 23 heavy (non-hydrogen) atoms. The molecule has 0 radical (unpaired) electrons. The van der Waals surface area contributed by atoms with Gasteiger partial charge >= 0.3 is 0 Å². The highest BCUT2D eigenvalue weighted by Crippen LogP contribution is 2.25. The Kier molecular flexibility index (Phi) is 4.57. The van der Waals surface area contributed by atoms with Crippen molar-refractivity contribution in [2.24, 2.45) is 0 Å². The number of hydrogen-bond acceptors (Lipinski definition) is 7. The molecule has 3 heterocycles. The van der Waals surface area contributed by atoms with E-state index in [0.717, 1.165) is 25.2 Å². The number of nitrogens with zero attached hydrogens (tertiary/aromatic N) is 6. The summed E-state index contributed by atoms with van der Waals surface area (Å²) in [5.74, 6) is 1.27. The summed E-state index contributed by atoms with van der Waals surface area (Å²) in [6.07, 6.45) is 1.49. The van der Waals surface area contributed by atoms with E-state index in [1.807, 2.05) is 14.0 Å². The van der Waals surface area contributed by atoms with E-state index in [0.29, 0.717) is 29.0 Å². The first-order chi connectivity index (χ1) is 11.1. The largest absolute Gasteiger partial charge is 0.338 e. The lowest BCUT2D eigenvalue weighted by Crippen LogP contribution is -2.46. The summed E-state index contributed by atoms with van der Waals surface area (Å²) < 4.78 is 5.32. The van der Waals surface area contributed by atoms with Crippen LogP contribution < -0.4 is 0 Å². The second-order valence-electron chi connectivity index (χ2n) is 5.70. The number of aryl methyl sites for hydroxylation is 1. The molecule has 8 heteroatoms. The van der Waals surface area contributed by atoms with E-state index in [1.54, 1.807) is 6.07 Å². The fraction of sp³-hybridized carbons (Fsp3) is 0.467. The summed E-state index contributed by atoms with van der Waals surface area (Å²) in [6.45, 7) is 4.98. The predicted molar refractivity (Wildman–Crippen MR) is 83.6 cm³/mol. The van der Waals surface area contributed by atoms with Crippen LogP contribution in [0.2, 0.25) is 5.15 Å². The fourth-order valence-corrected chi connectivity index (χ4v) is 2.86. The number of pyridine rings is 1. The van der Waals surface area contributed by atoms with Crippen molar-refractivity contribution in [3.05, 3.63) is 40.3 Å². The quantitative estimate of drug-likeness (QED) is 0.792. The predicted octanol–water partition coefficient (Wildman–Crippen LogP) is 1.79. The van der Waals surface area contributed by atoms with Crippen molar-refractivity contribution in [3.8, 4) is 6.07 Å². The van der Waals surface area contributed by atoms with E-state index >= 15 is 0 Å². The van der Waals surface area contributed by atoms with Gasteiger partial charge in [0.05, 0.1) is 5.56 Å². The van der Waals surface area contributed by atoms with Gasteiger partial charge < -0.3 is 4.52 Å². The lowest BCUT2D eigenvalue weighted by atomic mass is 10.1. The van der Waals surface area contributed by atoms with Crippen LogP contribution in [0.1, 0.15) is 28.9 Å². The van der Waals surface area contributed by atoms with E-state index in [9.17, 15) is 0 Å². The van der Waals surface area contributed by atoms with Crippen LogP contribution in [0.25, 0.3) is 0 Å². The van der Waals surface area contributed by atoms with Crippen LogP contribution >= 0.6 is 11.6 Å². The maximum Gasteiger partial charge on any atom is 0.245 e. The van der Waals surface area contributed by atoms with Gasteiger partial charge in [0.2, 0.25) is 5.89 Å². The molecule has 0 aliphatic carbocycles. The van der Waals surface area contributed by atoms with Crippen molar-refractivity contribution in [3.63, 3.8) is 0 Å². The van der Waals surface area contributed by atoms with Gasteiger partial charge in [-0.2, -0.15) is 10.2 Å². The highest BCUT2D eigenvalue weighted by Gasteiger charge is 2.30. The molecule has 1 aliphatic rings. The second-order valence-corrected chi connectivity index (χ2v) is 6.06. The summed E-state index contributed by atoms with van der Waals surface area (Å²) in [6, 6.07) is 3.94. The molecule has 0 bridgehead atoms. The first-order valence-corrected chi connectivity index (χ1v) is 7.72. The SMILES string of the molecule is Cc1noc(C2CN(Cc3cc(C#N)cnc3Cl)CCN2C)n1. The van der Waals surface area contributed by atoms with Gasteiger partial charge in [-0.05, 0) is 20.0 Å². The zero-order valence-electron chi connectivity index (χ0n) is 13.0. The number of hydrogen-bond donors (Lipinski definition) is 0. The monoisotopic (exact) mass is 332 g/mol. The van der Waals surface area contributed by atoms with Crippen LogP contribution in [-0.2, 0) is 6.54 Å². The third-order valence-corrected chi connectivity index (χ3v) is 4.34. The molecule has 7 nitrogen and oxygen atoms in total. The highest BCUT2D eigenvalue weighted by atomic mass is 35.5. The van der Waals surface area contributed by atoms with Gasteiger partial charge in [0.15, 0.2) is 5.82 Å². The molecule has 1 fully saturated rings. The molecule has 120 valence electrons. The van der Waals surface area contributed by atoms with Crippen LogP contribution in [-0.4, -0.2) is 51.6 Å². The molecule has 1 atom stereocenters. The average Bonchev–Trinajstić information content (AvgIpc) is 2.97. The van der Waals surface area contributed by atoms with Crippen molar-refractivity contribution in [2.75, 3.05) is 26.7 Å². The van der Waals surface area contributed by atoms with Gasteiger partial charge in [-0.1, -0.05) is 16.8 Å². The number of aromatic nitrogens is 3. The van der Waals surface area contributed by atoms with E-state index < -0.39 is 0 Å². The van der Waals surface area contributed by atoms with Crippen LogP contribution in [0, 0.1) is 18.3 Å². The van der Waals surface area contributed by atoms with Gasteiger partial charge in [0.25, 0.3) is 0 Å². The molecule has 1 saturated heterocycles. The summed E-state index contributed by atoms with van der Waals surface area (Å²) in [5.41, 5.74) is 1.37. The van der Waals surface area contributed by atoms with Gasteiger partial charge in [-0.3, -0.25) is 9.80 Å². The Labute approximate surface area is 139 Å². The minimum absolute atomic E-state index is 0.0517. The van der Waals surface area contributed by atoms with E-state index in [-0.39, 0.29) is 6.04 Å². The number of piperazine rings is 1. The standard InChI is InChI=1S/C15H17ClN6O/c1-10-19-15(23-20-10)13-9-22(4-3-21(13)2)8-12-5-11(6-17)7-18-14(12)16/h5,7,13H,3-4,8-9H2,1-2H3. The van der Waals surface area contributed by atoms with Gasteiger partial charge in [0, 0.05) is 37.9 Å². The normalized spacial score (nSPS) is 19.7. The van der Waals surface area contributed by atoms with Crippen LogP contribution in [0.3, 0.4) is 0 Å². The van der Waals surface area contributed by atoms with Crippen LogP contribution in [0.5, 0.6) is 0 Å². The molecule has 0 aromatic carbocycles. The van der Waals surface area contributed by atoms with E-state index in [1.165, 1.54) is 6.20 Å². The maximum atomic E-state index is 9.01. The van der Waals surface area contributed by atoms with Crippen LogP contribution in [0.4, 0.5) is 0 Å². The van der Waals surface area contributed by atoms with E-state index in [2.05, 4.69) is 31.0 Å². The topological polar surface area (TPSA) is 82.1 Å². The summed E-state index contributed by atoms with van der Waals surface area (Å²) in [7, 11) is 2.05. The Morgan fingerprint density at radius 3 is 3.00 bits per heavy atom. The summed E-state index contributed by atoms with van der Waals surface area (Å²) in [4.78, 5) is 12.9. The van der Waals surface area contributed by atoms with Crippen molar-refractivity contribution in [2.45, 2.75) is 19.5 Å². The van der Waals surface area contributed by atoms with Crippen molar-refractivity contribution < 1.29 is 4.52 Å². The Bertz CT molecular complexity index is 740. The zero-order valence-corrected chi connectivity index (χ0v) is 13.8. The van der Waals surface area contributed by atoms with Gasteiger partial charge in [0.1, 0.15) is 17.3 Å². The molecule has 0 N–H and O–H groups in total. The molecule has 0 spiro atoms. The van der Waals surface area contributed by atoms with Crippen molar-refractivity contribution in [1.29, 1.82) is 5.26 Å². The van der Waals surface area contributed by atoms with Gasteiger partial charge in [-0.15, -0.1) is 0 Å². The molecular formula is C15H17ClN6O. The molecule has 0 amide bonds. The average molecular weight is 333 g/mol. The highest BCUT2D eigenvalue weighted by molar-refractivity contribution is 6.30. The molecule has 3 rings (SSSR count). The number of rotatable bonds is 3. The molecule has 2 aromatic rings. The summed E-state index contributed by atoms with van der Waals surface area (Å²) in [5, 5.41) is 13.3. The Morgan fingerprint density at radius 2 is 2.30 bits per heavy atom. The smallest absolute Gasteiger partial charge is 0.245 e. The third kappa shape index (κ3) is 3.50. The Hall–Kier alpha value is -2.01. The number of likely N-dealkylation sites (N-methyl/N-ethyl adjacent to an activating group) is 1. The molecule has 1 unspecified atom stereocenters. The number of halogens is 1. The van der Waals surface area contributed by atoms with Crippen molar-refractivity contribution >= 4 is 11.6 Å². The minimum Gasteiger partial charge on any atom is -0.338 e. The maximum absolute atomic E-state index is 9.01. The minimum atomic E-state index is 0.0517.